The van der Waals surface area contributed by atoms with Gasteiger partial charge >= 0.3 is 0 Å². The van der Waals surface area contributed by atoms with E-state index in [9.17, 15) is 4.79 Å². The summed E-state index contributed by atoms with van der Waals surface area (Å²) in [5, 5.41) is 0.441. The first-order valence-electron chi connectivity index (χ1n) is 8.50. The predicted molar refractivity (Wildman–Crippen MR) is 96.4 cm³/mol. The van der Waals surface area contributed by atoms with E-state index in [1.54, 1.807) is 19.3 Å². The fourth-order valence-electron chi connectivity index (χ4n) is 3.73. The molecule has 0 radical (unpaired) electrons. The summed E-state index contributed by atoms with van der Waals surface area (Å²) in [6.45, 7) is 5.27. The number of anilines is 1. The summed E-state index contributed by atoms with van der Waals surface area (Å²) >= 11 is 6.21. The Kier molecular flexibility index (Phi) is 4.07. The second-order valence-corrected chi connectivity index (χ2v) is 7.36. The second kappa shape index (κ2) is 6.26. The molecule has 1 amide bonds. The molecule has 0 bridgehead atoms. The normalized spacial score (nSPS) is 19.0. The fourth-order valence-corrected chi connectivity index (χ4v) is 3.91. The van der Waals surface area contributed by atoms with Crippen LogP contribution in [0.1, 0.15) is 19.8 Å². The molecular weight excluding hydrogens is 338 g/mol. The average Bonchev–Trinajstić information content (AvgIpc) is 2.60. The molecule has 0 saturated carbocycles. The van der Waals surface area contributed by atoms with Gasteiger partial charge in [0.25, 0.3) is 0 Å². The Labute approximate surface area is 151 Å². The molecule has 6 nitrogen and oxygen atoms in total. The summed E-state index contributed by atoms with van der Waals surface area (Å²) in [7, 11) is 0. The number of hydrogen-bond acceptors (Lipinski definition) is 5. The molecule has 0 aliphatic carbocycles. The Morgan fingerprint density at radius 1 is 1.24 bits per heavy atom. The van der Waals surface area contributed by atoms with E-state index in [2.05, 4.69) is 19.9 Å². The SMILES string of the molecule is CC(=O)N1CCC2(CC1)CN(c1cc(Cl)nc(-c3cccnc3)n1)C2. The number of piperidine rings is 1. The van der Waals surface area contributed by atoms with Gasteiger partial charge in [0.05, 0.1) is 0 Å². The first-order valence-corrected chi connectivity index (χ1v) is 8.88. The highest BCUT2D eigenvalue weighted by Crippen LogP contribution is 2.42. The Bertz CT molecular complexity index is 781. The Hall–Kier alpha value is -2.21. The Morgan fingerprint density at radius 2 is 2.00 bits per heavy atom. The van der Waals surface area contributed by atoms with Gasteiger partial charge in [-0.05, 0) is 25.0 Å². The van der Waals surface area contributed by atoms with E-state index >= 15 is 0 Å². The Balaban J connectivity index is 1.48. The number of pyridine rings is 1. The summed E-state index contributed by atoms with van der Waals surface area (Å²) in [4.78, 5) is 28.8. The van der Waals surface area contributed by atoms with Crippen LogP contribution in [0, 0.1) is 5.41 Å². The van der Waals surface area contributed by atoms with E-state index in [4.69, 9.17) is 11.6 Å². The van der Waals surface area contributed by atoms with Gasteiger partial charge in [0.15, 0.2) is 5.82 Å². The van der Waals surface area contributed by atoms with E-state index in [1.807, 2.05) is 23.1 Å². The number of hydrogen-bond donors (Lipinski definition) is 0. The number of carbonyl (C=O) groups excluding carboxylic acids is 1. The van der Waals surface area contributed by atoms with Crippen molar-refractivity contribution in [2.24, 2.45) is 5.41 Å². The number of aromatic nitrogens is 3. The van der Waals surface area contributed by atoms with Gasteiger partial charge in [-0.25, -0.2) is 9.97 Å². The smallest absolute Gasteiger partial charge is 0.219 e. The second-order valence-electron chi connectivity index (χ2n) is 6.98. The van der Waals surface area contributed by atoms with Crippen LogP contribution in [0.2, 0.25) is 5.15 Å². The number of likely N-dealkylation sites (tertiary alicyclic amines) is 1. The van der Waals surface area contributed by atoms with Gasteiger partial charge in [0, 0.05) is 62.5 Å². The quantitative estimate of drug-likeness (QED) is 0.773. The number of halogens is 1. The van der Waals surface area contributed by atoms with E-state index in [1.165, 1.54) is 0 Å². The summed E-state index contributed by atoms with van der Waals surface area (Å²) < 4.78 is 0. The van der Waals surface area contributed by atoms with Gasteiger partial charge in [-0.1, -0.05) is 11.6 Å². The minimum atomic E-state index is 0.176. The van der Waals surface area contributed by atoms with Crippen LogP contribution >= 0.6 is 11.6 Å². The van der Waals surface area contributed by atoms with Crippen molar-refractivity contribution in [3.05, 3.63) is 35.7 Å². The lowest BCUT2D eigenvalue weighted by Gasteiger charge is -2.54. The van der Waals surface area contributed by atoms with Gasteiger partial charge in [0.1, 0.15) is 11.0 Å². The maximum Gasteiger partial charge on any atom is 0.219 e. The molecule has 2 saturated heterocycles. The zero-order valence-electron chi connectivity index (χ0n) is 14.2. The highest BCUT2D eigenvalue weighted by atomic mass is 35.5. The number of rotatable bonds is 2. The molecule has 0 aromatic carbocycles. The number of nitrogens with zero attached hydrogens (tertiary/aromatic N) is 5. The van der Waals surface area contributed by atoms with Gasteiger partial charge in [0.2, 0.25) is 5.91 Å². The molecule has 2 aromatic heterocycles. The van der Waals surface area contributed by atoms with Crippen LogP contribution in [0.15, 0.2) is 30.6 Å². The van der Waals surface area contributed by atoms with Crippen LogP contribution in [-0.4, -0.2) is 51.9 Å². The van der Waals surface area contributed by atoms with E-state index in [0.29, 0.717) is 16.4 Å². The first kappa shape index (κ1) is 16.3. The third-order valence-corrected chi connectivity index (χ3v) is 5.44. The molecular formula is C18H20ClN5O. The maximum absolute atomic E-state index is 11.5. The van der Waals surface area contributed by atoms with Crippen LogP contribution in [-0.2, 0) is 4.79 Å². The van der Waals surface area contributed by atoms with Gasteiger partial charge < -0.3 is 9.80 Å². The zero-order valence-corrected chi connectivity index (χ0v) is 14.9. The molecule has 2 fully saturated rings. The lowest BCUT2D eigenvalue weighted by molar-refractivity contribution is -0.131. The third-order valence-electron chi connectivity index (χ3n) is 5.25. The summed E-state index contributed by atoms with van der Waals surface area (Å²) in [5.41, 5.74) is 1.16. The molecule has 4 heterocycles. The molecule has 0 unspecified atom stereocenters. The van der Waals surface area contributed by atoms with Crippen LogP contribution in [0.3, 0.4) is 0 Å². The topological polar surface area (TPSA) is 62.2 Å². The van der Waals surface area contributed by atoms with Crippen molar-refractivity contribution < 1.29 is 4.79 Å². The van der Waals surface area contributed by atoms with Crippen LogP contribution in [0.25, 0.3) is 11.4 Å². The molecule has 2 aromatic rings. The third kappa shape index (κ3) is 3.18. The largest absolute Gasteiger partial charge is 0.355 e. The molecule has 4 rings (SSSR count). The lowest BCUT2D eigenvalue weighted by Crippen LogP contribution is -2.61. The van der Waals surface area contributed by atoms with E-state index in [0.717, 1.165) is 50.4 Å². The van der Waals surface area contributed by atoms with Crippen molar-refractivity contribution >= 4 is 23.3 Å². The van der Waals surface area contributed by atoms with Crippen molar-refractivity contribution in [1.82, 2.24) is 19.9 Å². The van der Waals surface area contributed by atoms with Crippen molar-refractivity contribution in [2.75, 3.05) is 31.1 Å². The highest BCUT2D eigenvalue weighted by Gasteiger charge is 2.45. The zero-order chi connectivity index (χ0) is 17.4. The van der Waals surface area contributed by atoms with Gasteiger partial charge in [-0.15, -0.1) is 0 Å². The highest BCUT2D eigenvalue weighted by molar-refractivity contribution is 6.29. The lowest BCUT2D eigenvalue weighted by atomic mass is 9.72. The number of carbonyl (C=O) groups is 1. The van der Waals surface area contributed by atoms with Crippen molar-refractivity contribution in [3.63, 3.8) is 0 Å². The summed E-state index contributed by atoms with van der Waals surface area (Å²) in [6, 6.07) is 5.61. The maximum atomic E-state index is 11.5. The molecule has 0 atom stereocenters. The minimum Gasteiger partial charge on any atom is -0.355 e. The minimum absolute atomic E-state index is 0.176. The van der Waals surface area contributed by atoms with Crippen molar-refractivity contribution in [2.45, 2.75) is 19.8 Å². The van der Waals surface area contributed by atoms with Crippen LogP contribution in [0.5, 0.6) is 0 Å². The molecule has 2 aliphatic rings. The van der Waals surface area contributed by atoms with E-state index < -0.39 is 0 Å². The molecule has 130 valence electrons. The molecule has 7 heteroatoms. The average molecular weight is 358 g/mol. The molecule has 2 aliphatic heterocycles. The van der Waals surface area contributed by atoms with Gasteiger partial charge in [-0.3, -0.25) is 9.78 Å². The first-order chi connectivity index (χ1) is 12.0. The fraction of sp³-hybridized carbons (Fsp3) is 0.444. The number of amides is 1. The van der Waals surface area contributed by atoms with Crippen LogP contribution in [0.4, 0.5) is 5.82 Å². The Morgan fingerprint density at radius 3 is 2.64 bits per heavy atom. The van der Waals surface area contributed by atoms with Gasteiger partial charge in [-0.2, -0.15) is 0 Å². The predicted octanol–water partition coefficient (Wildman–Crippen LogP) is 2.64. The van der Waals surface area contributed by atoms with Crippen molar-refractivity contribution in [1.29, 1.82) is 0 Å². The molecule has 25 heavy (non-hydrogen) atoms. The monoisotopic (exact) mass is 357 g/mol. The summed E-state index contributed by atoms with van der Waals surface area (Å²) in [6.07, 6.45) is 5.57. The van der Waals surface area contributed by atoms with Crippen molar-refractivity contribution in [3.8, 4) is 11.4 Å². The molecule has 1 spiro atoms. The van der Waals surface area contributed by atoms with Crippen LogP contribution < -0.4 is 4.90 Å². The van der Waals surface area contributed by atoms with E-state index in [-0.39, 0.29) is 5.91 Å². The standard InChI is InChI=1S/C18H20ClN5O/c1-13(25)23-7-4-18(5-8-23)11-24(12-18)16-9-15(19)21-17(22-16)14-3-2-6-20-10-14/h2-3,6,9-10H,4-5,7-8,11-12H2,1H3. The molecule has 0 N–H and O–H groups in total. The summed E-state index contributed by atoms with van der Waals surface area (Å²) in [5.74, 6) is 1.64.